The predicted octanol–water partition coefficient (Wildman–Crippen LogP) is 5.15. The fourth-order valence-corrected chi connectivity index (χ4v) is 4.74. The highest BCUT2D eigenvalue weighted by molar-refractivity contribution is 5.75. The highest BCUT2D eigenvalue weighted by Crippen LogP contribution is 2.25. The molecule has 2 aromatic heterocycles. The number of unbranched alkanes of at least 4 members (excludes halogenated alkanes) is 1. The summed E-state index contributed by atoms with van der Waals surface area (Å²) in [5, 5.41) is 4.16. The fourth-order valence-electron chi connectivity index (χ4n) is 4.74. The quantitative estimate of drug-likeness (QED) is 0.383. The van der Waals surface area contributed by atoms with Crippen molar-refractivity contribution in [2.75, 3.05) is 19.6 Å². The number of H-pyrrole nitrogens is 1. The van der Waals surface area contributed by atoms with E-state index in [0.29, 0.717) is 0 Å². The molecule has 170 valence electrons. The Labute approximate surface area is 193 Å². The lowest BCUT2D eigenvalue weighted by molar-refractivity contribution is 0.183. The number of benzene rings is 2. The molecule has 0 amide bonds. The molecule has 0 radical (unpaired) electrons. The lowest BCUT2D eigenvalue weighted by Gasteiger charge is -2.32. The van der Waals surface area contributed by atoms with Crippen molar-refractivity contribution in [2.45, 2.75) is 38.1 Å². The Kier molecular flexibility index (Phi) is 6.53. The van der Waals surface area contributed by atoms with Crippen molar-refractivity contribution in [3.63, 3.8) is 0 Å². The Morgan fingerprint density at radius 1 is 1.00 bits per heavy atom. The summed E-state index contributed by atoms with van der Waals surface area (Å²) in [7, 11) is 0. The molecule has 0 unspecified atom stereocenters. The first kappa shape index (κ1) is 21.5. The first-order chi connectivity index (χ1) is 16.3. The third kappa shape index (κ3) is 5.17. The van der Waals surface area contributed by atoms with E-state index in [-0.39, 0.29) is 11.7 Å². The van der Waals surface area contributed by atoms with Crippen LogP contribution in [0.5, 0.6) is 0 Å². The number of rotatable bonds is 8. The van der Waals surface area contributed by atoms with Crippen molar-refractivity contribution in [1.82, 2.24) is 19.6 Å². The zero-order valence-electron chi connectivity index (χ0n) is 18.8. The Morgan fingerprint density at radius 2 is 1.79 bits per heavy atom. The second kappa shape index (κ2) is 10.0. The maximum absolute atomic E-state index is 12.5. The zero-order valence-corrected chi connectivity index (χ0v) is 18.8. The van der Waals surface area contributed by atoms with Crippen molar-refractivity contribution < 1.29 is 4.52 Å². The summed E-state index contributed by atoms with van der Waals surface area (Å²) in [5.74, 6) is 0.945. The van der Waals surface area contributed by atoms with E-state index < -0.39 is 0 Å². The van der Waals surface area contributed by atoms with E-state index in [1.807, 2.05) is 59.2 Å². The van der Waals surface area contributed by atoms with Gasteiger partial charge in [-0.05, 0) is 56.0 Å². The maximum Gasteiger partial charge on any atom is 0.326 e. The molecule has 1 aliphatic rings. The Hall–Kier alpha value is -3.38. The van der Waals surface area contributed by atoms with Crippen LogP contribution in [-0.2, 0) is 6.42 Å². The number of para-hydroxylation sites is 2. The Balaban J connectivity index is 1.05. The van der Waals surface area contributed by atoms with Crippen molar-refractivity contribution in [1.29, 1.82) is 0 Å². The third-order valence-corrected chi connectivity index (χ3v) is 6.52. The minimum Gasteiger partial charge on any atom is -0.361 e. The van der Waals surface area contributed by atoms with Gasteiger partial charge >= 0.3 is 5.69 Å². The minimum atomic E-state index is 0.0136. The molecule has 0 bridgehead atoms. The van der Waals surface area contributed by atoms with Crippen LogP contribution < -0.4 is 5.69 Å². The molecule has 0 atom stereocenters. The zero-order chi connectivity index (χ0) is 22.5. The number of aryl methyl sites for hydroxylation is 1. The van der Waals surface area contributed by atoms with Gasteiger partial charge in [-0.25, -0.2) is 4.79 Å². The lowest BCUT2D eigenvalue weighted by Crippen LogP contribution is -2.37. The molecule has 1 aliphatic heterocycles. The van der Waals surface area contributed by atoms with Gasteiger partial charge in [-0.15, -0.1) is 0 Å². The Morgan fingerprint density at radius 3 is 2.64 bits per heavy atom. The van der Waals surface area contributed by atoms with Gasteiger partial charge in [-0.2, -0.15) is 0 Å². The van der Waals surface area contributed by atoms with Crippen molar-refractivity contribution in [2.24, 2.45) is 0 Å². The lowest BCUT2D eigenvalue weighted by atomic mass is 10.0. The molecule has 6 nitrogen and oxygen atoms in total. The molecule has 4 aromatic rings. The van der Waals surface area contributed by atoms with Crippen LogP contribution >= 0.6 is 0 Å². The summed E-state index contributed by atoms with van der Waals surface area (Å²) in [6.07, 6.45) is 9.20. The number of nitrogens with zero attached hydrogens (tertiary/aromatic N) is 3. The van der Waals surface area contributed by atoms with Crippen LogP contribution in [0.25, 0.3) is 23.2 Å². The van der Waals surface area contributed by atoms with Gasteiger partial charge in [-0.1, -0.05) is 53.7 Å². The van der Waals surface area contributed by atoms with Gasteiger partial charge < -0.3 is 14.4 Å². The molecule has 6 heteroatoms. The van der Waals surface area contributed by atoms with E-state index >= 15 is 0 Å². The van der Waals surface area contributed by atoms with Crippen LogP contribution in [0.15, 0.2) is 70.0 Å². The first-order valence-corrected chi connectivity index (χ1v) is 11.9. The largest absolute Gasteiger partial charge is 0.361 e. The van der Waals surface area contributed by atoms with Crippen molar-refractivity contribution >= 4 is 23.2 Å². The molecule has 1 saturated heterocycles. The smallest absolute Gasteiger partial charge is 0.326 e. The second-order valence-electron chi connectivity index (χ2n) is 8.81. The van der Waals surface area contributed by atoms with Gasteiger partial charge in [0.2, 0.25) is 0 Å². The number of aromatic nitrogens is 3. The second-order valence-corrected chi connectivity index (χ2v) is 8.81. The van der Waals surface area contributed by atoms with E-state index in [1.54, 1.807) is 0 Å². The van der Waals surface area contributed by atoms with Gasteiger partial charge in [-0.3, -0.25) is 4.57 Å². The highest BCUT2D eigenvalue weighted by Gasteiger charge is 2.23. The van der Waals surface area contributed by atoms with Crippen LogP contribution in [0, 0.1) is 0 Å². The van der Waals surface area contributed by atoms with Gasteiger partial charge in [0, 0.05) is 31.6 Å². The van der Waals surface area contributed by atoms with Crippen molar-refractivity contribution in [3.05, 3.63) is 88.2 Å². The molecule has 0 spiro atoms. The topological polar surface area (TPSA) is 67.1 Å². The summed E-state index contributed by atoms with van der Waals surface area (Å²) in [6, 6.07) is 20.5. The van der Waals surface area contributed by atoms with Crippen LogP contribution in [0.4, 0.5) is 0 Å². The van der Waals surface area contributed by atoms with E-state index in [0.717, 1.165) is 79.8 Å². The molecule has 2 aromatic carbocycles. The van der Waals surface area contributed by atoms with Crippen LogP contribution in [0.2, 0.25) is 0 Å². The molecule has 1 fully saturated rings. The third-order valence-electron chi connectivity index (χ3n) is 6.52. The molecule has 0 saturated carbocycles. The number of imidazole rings is 1. The van der Waals surface area contributed by atoms with Crippen LogP contribution in [-0.4, -0.2) is 39.2 Å². The SMILES string of the molecule is O=c1[nH]c2ccccc2n1C1CCN(CCCCc2cc(/C=C/c3ccccc3)no2)CC1. The maximum atomic E-state index is 12.5. The van der Waals surface area contributed by atoms with Crippen LogP contribution in [0.1, 0.15) is 48.7 Å². The molecular formula is C27H30N4O2. The van der Waals surface area contributed by atoms with E-state index in [4.69, 9.17) is 4.52 Å². The van der Waals surface area contributed by atoms with E-state index in [2.05, 4.69) is 33.2 Å². The van der Waals surface area contributed by atoms with E-state index in [1.165, 1.54) is 0 Å². The number of hydrogen-bond donors (Lipinski definition) is 1. The molecule has 3 heterocycles. The van der Waals surface area contributed by atoms with Crippen LogP contribution in [0.3, 0.4) is 0 Å². The standard InChI is InChI=1S/C27H30N4O2/c32-27-28-25-11-4-5-12-26(25)31(27)23-15-18-30(19-16-23)17-7-6-10-24-20-22(29-33-24)14-13-21-8-2-1-3-9-21/h1-5,8-9,11-14,20,23H,6-7,10,15-19H2,(H,28,32)/b14-13+. The van der Waals surface area contributed by atoms with Gasteiger partial charge in [0.15, 0.2) is 0 Å². The number of hydrogen-bond acceptors (Lipinski definition) is 4. The summed E-state index contributed by atoms with van der Waals surface area (Å²) >= 11 is 0. The molecule has 5 rings (SSSR count). The van der Waals surface area contributed by atoms with Gasteiger partial charge in [0.05, 0.1) is 11.0 Å². The predicted molar refractivity (Wildman–Crippen MR) is 132 cm³/mol. The molecule has 0 aliphatic carbocycles. The molecule has 1 N–H and O–H groups in total. The van der Waals surface area contributed by atoms with Crippen molar-refractivity contribution in [3.8, 4) is 0 Å². The summed E-state index contributed by atoms with van der Waals surface area (Å²) in [4.78, 5) is 18.0. The first-order valence-electron chi connectivity index (χ1n) is 11.9. The van der Waals surface area contributed by atoms with Gasteiger partial charge in [0.25, 0.3) is 0 Å². The number of likely N-dealkylation sites (tertiary alicyclic amines) is 1. The monoisotopic (exact) mass is 442 g/mol. The number of aromatic amines is 1. The van der Waals surface area contributed by atoms with Gasteiger partial charge in [0.1, 0.15) is 11.5 Å². The average Bonchev–Trinajstić information content (AvgIpc) is 3.45. The van der Waals surface area contributed by atoms with E-state index in [9.17, 15) is 4.79 Å². The highest BCUT2D eigenvalue weighted by atomic mass is 16.5. The normalized spacial score (nSPS) is 15.6. The fraction of sp³-hybridized carbons (Fsp3) is 0.333. The number of fused-ring (bicyclic) bond motifs is 1. The average molecular weight is 443 g/mol. The summed E-state index contributed by atoms with van der Waals surface area (Å²) in [5.41, 5.74) is 3.98. The Bertz CT molecular complexity index is 1260. The summed E-state index contributed by atoms with van der Waals surface area (Å²) < 4.78 is 7.46. The minimum absolute atomic E-state index is 0.0136. The number of piperidine rings is 1. The number of nitrogens with one attached hydrogen (secondary N) is 1. The molecular weight excluding hydrogens is 412 g/mol. The molecule has 33 heavy (non-hydrogen) atoms. The summed E-state index contributed by atoms with van der Waals surface area (Å²) in [6.45, 7) is 3.16.